The first-order valence-corrected chi connectivity index (χ1v) is 4.81. The summed E-state index contributed by atoms with van der Waals surface area (Å²) in [5, 5.41) is 3.87. The third kappa shape index (κ3) is 2.18. The van der Waals surface area contributed by atoms with Crippen molar-refractivity contribution < 1.29 is 9.57 Å². The maximum atomic E-state index is 5.09. The fourth-order valence-corrected chi connectivity index (χ4v) is 1.41. The van der Waals surface area contributed by atoms with Gasteiger partial charge in [-0.3, -0.25) is 0 Å². The van der Waals surface area contributed by atoms with Gasteiger partial charge in [-0.25, -0.2) is 0 Å². The number of nitrogens with zero attached hydrogens (tertiary/aromatic N) is 1. The van der Waals surface area contributed by atoms with Crippen LogP contribution in [0.4, 0.5) is 0 Å². The first-order valence-electron chi connectivity index (χ1n) is 4.81. The lowest BCUT2D eigenvalue weighted by molar-refractivity contribution is 0.187. The minimum Gasteiger partial charge on any atom is -0.497 e. The molecule has 15 heavy (non-hydrogen) atoms. The molecule has 1 aromatic carbocycles. The van der Waals surface area contributed by atoms with Gasteiger partial charge in [0, 0.05) is 5.57 Å². The average Bonchev–Trinajstić information content (AvgIpc) is 2.66. The Morgan fingerprint density at radius 1 is 1.33 bits per heavy atom. The second-order valence-electron chi connectivity index (χ2n) is 3.39. The van der Waals surface area contributed by atoms with Crippen molar-refractivity contribution in [2.45, 2.75) is 6.92 Å². The zero-order valence-electron chi connectivity index (χ0n) is 8.86. The van der Waals surface area contributed by atoms with Crippen LogP contribution in [0.15, 0.2) is 35.0 Å². The predicted molar refractivity (Wildman–Crippen MR) is 60.0 cm³/mol. The molecule has 0 fully saturated rings. The van der Waals surface area contributed by atoms with Gasteiger partial charge in [-0.2, -0.15) is 0 Å². The molecule has 0 saturated heterocycles. The van der Waals surface area contributed by atoms with Crippen LogP contribution in [0, 0.1) is 0 Å². The van der Waals surface area contributed by atoms with Gasteiger partial charge in [-0.1, -0.05) is 17.3 Å². The van der Waals surface area contributed by atoms with Crippen LogP contribution in [-0.2, 0) is 4.84 Å². The Morgan fingerprint density at radius 2 is 2.07 bits per heavy atom. The van der Waals surface area contributed by atoms with Crippen molar-refractivity contribution in [1.82, 2.24) is 0 Å². The number of oxime groups is 1. The standard InChI is InChI=1S/C12H13NO2/c1-9-11(8-15-13-9)7-10-3-5-12(14-2)6-4-10/h3-7H,8H2,1-2H3/b11-7-. The molecule has 0 aromatic heterocycles. The highest BCUT2D eigenvalue weighted by molar-refractivity contribution is 6.02. The lowest BCUT2D eigenvalue weighted by atomic mass is 10.1. The zero-order chi connectivity index (χ0) is 10.7. The number of rotatable bonds is 2. The number of methoxy groups -OCH3 is 1. The van der Waals surface area contributed by atoms with Crippen LogP contribution in [0.1, 0.15) is 12.5 Å². The van der Waals surface area contributed by atoms with E-state index in [1.54, 1.807) is 7.11 Å². The summed E-state index contributed by atoms with van der Waals surface area (Å²) in [6.45, 7) is 2.51. The Bertz CT molecular complexity index is 404. The van der Waals surface area contributed by atoms with Crippen molar-refractivity contribution >= 4 is 11.8 Å². The smallest absolute Gasteiger partial charge is 0.144 e. The fourth-order valence-electron chi connectivity index (χ4n) is 1.41. The van der Waals surface area contributed by atoms with Crippen molar-refractivity contribution in [2.24, 2.45) is 5.16 Å². The number of hydrogen-bond donors (Lipinski definition) is 0. The molecule has 0 aliphatic carbocycles. The summed E-state index contributed by atoms with van der Waals surface area (Å²) in [6, 6.07) is 7.90. The van der Waals surface area contributed by atoms with Gasteiger partial charge >= 0.3 is 0 Å². The van der Waals surface area contributed by atoms with Crippen LogP contribution in [0.3, 0.4) is 0 Å². The first-order chi connectivity index (χ1) is 7.29. The van der Waals surface area contributed by atoms with E-state index in [0.717, 1.165) is 22.6 Å². The number of ether oxygens (including phenoxy) is 1. The molecule has 0 spiro atoms. The second-order valence-corrected chi connectivity index (χ2v) is 3.39. The predicted octanol–water partition coefficient (Wildman–Crippen LogP) is 2.48. The molecule has 0 atom stereocenters. The fraction of sp³-hybridized carbons (Fsp3) is 0.250. The third-order valence-corrected chi connectivity index (χ3v) is 2.34. The van der Waals surface area contributed by atoms with Gasteiger partial charge in [0.15, 0.2) is 0 Å². The molecule has 3 heteroatoms. The molecule has 1 heterocycles. The van der Waals surface area contributed by atoms with E-state index in [4.69, 9.17) is 9.57 Å². The molecule has 0 bridgehead atoms. The quantitative estimate of drug-likeness (QED) is 0.739. The Kier molecular flexibility index (Phi) is 2.72. The Morgan fingerprint density at radius 3 is 2.60 bits per heavy atom. The van der Waals surface area contributed by atoms with E-state index in [2.05, 4.69) is 11.2 Å². The van der Waals surface area contributed by atoms with Crippen LogP contribution in [0.25, 0.3) is 6.08 Å². The molecule has 0 radical (unpaired) electrons. The Hall–Kier alpha value is -1.77. The SMILES string of the molecule is COc1ccc(/C=C2/CON=C2C)cc1. The molecule has 1 aromatic rings. The molecular formula is C12H13NO2. The van der Waals surface area contributed by atoms with Crippen LogP contribution < -0.4 is 4.74 Å². The van der Waals surface area contributed by atoms with Crippen LogP contribution >= 0.6 is 0 Å². The molecule has 0 N–H and O–H groups in total. The van der Waals surface area contributed by atoms with Gasteiger partial charge in [0.05, 0.1) is 12.8 Å². The minimum atomic E-state index is 0.567. The van der Waals surface area contributed by atoms with Crippen molar-refractivity contribution in [1.29, 1.82) is 0 Å². The molecule has 1 aliphatic rings. The summed E-state index contributed by atoms with van der Waals surface area (Å²) in [6.07, 6.45) is 2.07. The van der Waals surface area contributed by atoms with Crippen LogP contribution in [0.2, 0.25) is 0 Å². The van der Waals surface area contributed by atoms with E-state index in [9.17, 15) is 0 Å². The molecular weight excluding hydrogens is 190 g/mol. The molecule has 2 rings (SSSR count). The minimum absolute atomic E-state index is 0.567. The van der Waals surface area contributed by atoms with E-state index in [1.807, 2.05) is 31.2 Å². The van der Waals surface area contributed by atoms with Crippen LogP contribution in [0.5, 0.6) is 5.75 Å². The molecule has 0 amide bonds. The van der Waals surface area contributed by atoms with Gasteiger partial charge in [-0.15, -0.1) is 0 Å². The number of benzene rings is 1. The Balaban J connectivity index is 2.20. The summed E-state index contributed by atoms with van der Waals surface area (Å²) >= 11 is 0. The van der Waals surface area contributed by atoms with Gasteiger partial charge in [0.1, 0.15) is 12.4 Å². The molecule has 0 saturated carbocycles. The second kappa shape index (κ2) is 4.17. The van der Waals surface area contributed by atoms with Crippen molar-refractivity contribution in [3.05, 3.63) is 35.4 Å². The highest BCUT2D eigenvalue weighted by atomic mass is 16.6. The van der Waals surface area contributed by atoms with E-state index in [0.29, 0.717) is 6.61 Å². The highest BCUT2D eigenvalue weighted by Gasteiger charge is 2.09. The van der Waals surface area contributed by atoms with Crippen molar-refractivity contribution in [3.8, 4) is 5.75 Å². The summed E-state index contributed by atoms with van der Waals surface area (Å²) in [5.41, 5.74) is 3.21. The van der Waals surface area contributed by atoms with E-state index in [1.165, 1.54) is 0 Å². The molecule has 3 nitrogen and oxygen atoms in total. The van der Waals surface area contributed by atoms with Gasteiger partial charge < -0.3 is 9.57 Å². The maximum Gasteiger partial charge on any atom is 0.144 e. The molecule has 78 valence electrons. The van der Waals surface area contributed by atoms with Gasteiger partial charge in [0.25, 0.3) is 0 Å². The van der Waals surface area contributed by atoms with Crippen LogP contribution in [-0.4, -0.2) is 19.4 Å². The molecule has 0 unspecified atom stereocenters. The largest absolute Gasteiger partial charge is 0.497 e. The summed E-state index contributed by atoms with van der Waals surface area (Å²) in [4.78, 5) is 4.98. The van der Waals surface area contributed by atoms with Gasteiger partial charge in [0.2, 0.25) is 0 Å². The first kappa shape index (κ1) is 9.77. The summed E-state index contributed by atoms with van der Waals surface area (Å²) in [5.74, 6) is 0.866. The molecule has 1 aliphatic heterocycles. The number of hydrogen-bond acceptors (Lipinski definition) is 3. The van der Waals surface area contributed by atoms with Gasteiger partial charge in [-0.05, 0) is 30.7 Å². The van der Waals surface area contributed by atoms with E-state index < -0.39 is 0 Å². The maximum absolute atomic E-state index is 5.09. The normalized spacial score (nSPS) is 17.5. The summed E-state index contributed by atoms with van der Waals surface area (Å²) in [7, 11) is 1.66. The highest BCUT2D eigenvalue weighted by Crippen LogP contribution is 2.16. The monoisotopic (exact) mass is 203 g/mol. The topological polar surface area (TPSA) is 30.8 Å². The average molecular weight is 203 g/mol. The summed E-state index contributed by atoms with van der Waals surface area (Å²) < 4.78 is 5.09. The zero-order valence-corrected chi connectivity index (χ0v) is 8.86. The van der Waals surface area contributed by atoms with Crippen molar-refractivity contribution in [3.63, 3.8) is 0 Å². The van der Waals surface area contributed by atoms with E-state index >= 15 is 0 Å². The van der Waals surface area contributed by atoms with E-state index in [-0.39, 0.29) is 0 Å². The van der Waals surface area contributed by atoms with Crippen molar-refractivity contribution in [2.75, 3.05) is 13.7 Å². The Labute approximate surface area is 89.0 Å². The third-order valence-electron chi connectivity index (χ3n) is 2.34. The lowest BCUT2D eigenvalue weighted by Gasteiger charge is -2.00. The lowest BCUT2D eigenvalue weighted by Crippen LogP contribution is -1.93.